The van der Waals surface area contributed by atoms with Crippen molar-refractivity contribution in [3.8, 4) is 10.6 Å². The highest BCUT2D eigenvalue weighted by Crippen LogP contribution is 2.25. The molecule has 0 bridgehead atoms. The molecule has 3 rings (SSSR count). The SMILES string of the molecule is Cc1ccc(/C=N/NC(=O)C(=O)Nc2nnc(-c3ccccc3)s2)c(C)c1. The average Bonchev–Trinajstić information content (AvgIpc) is 3.12. The first-order chi connectivity index (χ1) is 13.0. The molecule has 0 unspecified atom stereocenters. The van der Waals surface area contributed by atoms with Gasteiger partial charge in [-0.1, -0.05) is 65.4 Å². The number of aryl methyl sites for hydroxylation is 2. The molecular weight excluding hydrogens is 362 g/mol. The molecule has 136 valence electrons. The van der Waals surface area contributed by atoms with E-state index in [0.717, 1.165) is 22.3 Å². The monoisotopic (exact) mass is 379 g/mol. The highest BCUT2D eigenvalue weighted by Gasteiger charge is 2.16. The number of hydrazone groups is 1. The number of carbonyl (C=O) groups is 2. The Labute approximate surface area is 160 Å². The number of rotatable bonds is 4. The van der Waals surface area contributed by atoms with E-state index < -0.39 is 11.8 Å². The number of aromatic nitrogens is 2. The summed E-state index contributed by atoms with van der Waals surface area (Å²) in [5.74, 6) is -1.74. The Hall–Kier alpha value is -3.39. The minimum Gasteiger partial charge on any atom is -0.292 e. The lowest BCUT2D eigenvalue weighted by Gasteiger charge is -2.02. The predicted molar refractivity (Wildman–Crippen MR) is 106 cm³/mol. The molecule has 0 fully saturated rings. The molecule has 0 saturated heterocycles. The third kappa shape index (κ3) is 4.83. The van der Waals surface area contributed by atoms with Crippen LogP contribution in [-0.2, 0) is 9.59 Å². The van der Waals surface area contributed by atoms with E-state index in [1.54, 1.807) is 0 Å². The maximum Gasteiger partial charge on any atom is 0.329 e. The van der Waals surface area contributed by atoms with Crippen molar-refractivity contribution < 1.29 is 9.59 Å². The largest absolute Gasteiger partial charge is 0.329 e. The summed E-state index contributed by atoms with van der Waals surface area (Å²) < 4.78 is 0. The van der Waals surface area contributed by atoms with Gasteiger partial charge < -0.3 is 0 Å². The molecular formula is C19H17N5O2S. The van der Waals surface area contributed by atoms with Crippen LogP contribution in [0.4, 0.5) is 5.13 Å². The van der Waals surface area contributed by atoms with Crippen molar-refractivity contribution in [2.45, 2.75) is 13.8 Å². The van der Waals surface area contributed by atoms with Crippen LogP contribution >= 0.6 is 11.3 Å². The second-order valence-corrected chi connectivity index (χ2v) is 6.77. The highest BCUT2D eigenvalue weighted by atomic mass is 32.1. The molecule has 3 aromatic rings. The Morgan fingerprint density at radius 3 is 2.56 bits per heavy atom. The van der Waals surface area contributed by atoms with Gasteiger partial charge in [-0.15, -0.1) is 10.2 Å². The minimum absolute atomic E-state index is 0.243. The fraction of sp³-hybridized carbons (Fsp3) is 0.105. The summed E-state index contributed by atoms with van der Waals surface area (Å²) in [6.45, 7) is 3.94. The van der Waals surface area contributed by atoms with Crippen LogP contribution in [-0.4, -0.2) is 28.2 Å². The molecule has 0 aliphatic heterocycles. The molecule has 8 heteroatoms. The average molecular weight is 379 g/mol. The number of benzene rings is 2. The van der Waals surface area contributed by atoms with Crippen molar-refractivity contribution in [2.24, 2.45) is 5.10 Å². The number of carbonyl (C=O) groups excluding carboxylic acids is 2. The van der Waals surface area contributed by atoms with Gasteiger partial charge in [-0.05, 0) is 25.0 Å². The van der Waals surface area contributed by atoms with Gasteiger partial charge >= 0.3 is 11.8 Å². The van der Waals surface area contributed by atoms with Gasteiger partial charge in [0.1, 0.15) is 5.01 Å². The second-order valence-electron chi connectivity index (χ2n) is 5.79. The summed E-state index contributed by atoms with van der Waals surface area (Å²) in [6, 6.07) is 15.3. The van der Waals surface area contributed by atoms with E-state index in [-0.39, 0.29) is 5.13 Å². The van der Waals surface area contributed by atoms with Crippen LogP contribution in [0.15, 0.2) is 53.6 Å². The van der Waals surface area contributed by atoms with Crippen LogP contribution in [0.5, 0.6) is 0 Å². The van der Waals surface area contributed by atoms with Gasteiger partial charge in [-0.3, -0.25) is 14.9 Å². The van der Waals surface area contributed by atoms with E-state index in [0.29, 0.717) is 5.01 Å². The maximum atomic E-state index is 12.0. The smallest absolute Gasteiger partial charge is 0.292 e. The fourth-order valence-corrected chi connectivity index (χ4v) is 3.05. The third-order valence-electron chi connectivity index (χ3n) is 3.67. The summed E-state index contributed by atoms with van der Waals surface area (Å²) in [7, 11) is 0. The lowest BCUT2D eigenvalue weighted by Crippen LogP contribution is -2.32. The predicted octanol–water partition coefficient (Wildman–Crippen LogP) is 2.91. The number of anilines is 1. The Kier molecular flexibility index (Phi) is 5.68. The van der Waals surface area contributed by atoms with Crippen LogP contribution in [0.2, 0.25) is 0 Å². The third-order valence-corrected chi connectivity index (χ3v) is 4.56. The molecule has 0 radical (unpaired) electrons. The van der Waals surface area contributed by atoms with Gasteiger partial charge in [0.05, 0.1) is 6.21 Å². The van der Waals surface area contributed by atoms with Crippen molar-refractivity contribution in [1.82, 2.24) is 15.6 Å². The molecule has 0 spiro atoms. The number of hydrogen-bond acceptors (Lipinski definition) is 6. The molecule has 1 heterocycles. The zero-order valence-electron chi connectivity index (χ0n) is 14.8. The van der Waals surface area contributed by atoms with E-state index >= 15 is 0 Å². The topological polar surface area (TPSA) is 96.3 Å². The lowest BCUT2D eigenvalue weighted by molar-refractivity contribution is -0.136. The van der Waals surface area contributed by atoms with Gasteiger partial charge in [0.25, 0.3) is 0 Å². The lowest BCUT2D eigenvalue weighted by atomic mass is 10.1. The molecule has 0 aliphatic rings. The van der Waals surface area contributed by atoms with Crippen LogP contribution in [0.3, 0.4) is 0 Å². The van der Waals surface area contributed by atoms with Crippen molar-refractivity contribution in [1.29, 1.82) is 0 Å². The Balaban J connectivity index is 1.57. The molecule has 7 nitrogen and oxygen atoms in total. The van der Waals surface area contributed by atoms with Crippen LogP contribution in [0.1, 0.15) is 16.7 Å². The Morgan fingerprint density at radius 2 is 1.81 bits per heavy atom. The molecule has 2 N–H and O–H groups in total. The number of nitrogens with one attached hydrogen (secondary N) is 2. The van der Waals surface area contributed by atoms with E-state index in [2.05, 4.69) is 26.0 Å². The first-order valence-electron chi connectivity index (χ1n) is 8.13. The van der Waals surface area contributed by atoms with E-state index in [9.17, 15) is 9.59 Å². The molecule has 0 saturated carbocycles. The second kappa shape index (κ2) is 8.33. The van der Waals surface area contributed by atoms with E-state index in [1.165, 1.54) is 17.6 Å². The van der Waals surface area contributed by atoms with Gasteiger partial charge in [0.15, 0.2) is 0 Å². The standard InChI is InChI=1S/C19H17N5O2S/c1-12-8-9-15(13(2)10-12)11-20-22-17(26)16(25)21-19-24-23-18(27-19)14-6-4-3-5-7-14/h3-11H,1-2H3,(H,22,26)(H,21,24,25)/b20-11+. The summed E-state index contributed by atoms with van der Waals surface area (Å²) in [5, 5.41) is 15.0. The molecule has 2 amide bonds. The summed E-state index contributed by atoms with van der Waals surface area (Å²) >= 11 is 1.18. The minimum atomic E-state index is -0.882. The zero-order valence-corrected chi connectivity index (χ0v) is 15.6. The first-order valence-corrected chi connectivity index (χ1v) is 8.95. The van der Waals surface area contributed by atoms with Crippen molar-refractivity contribution in [2.75, 3.05) is 5.32 Å². The summed E-state index contributed by atoms with van der Waals surface area (Å²) in [6.07, 6.45) is 1.50. The Morgan fingerprint density at radius 1 is 1.04 bits per heavy atom. The van der Waals surface area contributed by atoms with Gasteiger partial charge in [-0.25, -0.2) is 5.43 Å². The quantitative estimate of drug-likeness (QED) is 0.414. The zero-order chi connectivity index (χ0) is 19.2. The summed E-state index contributed by atoms with van der Waals surface area (Å²) in [4.78, 5) is 23.8. The molecule has 27 heavy (non-hydrogen) atoms. The van der Waals surface area contributed by atoms with Crippen molar-refractivity contribution in [3.63, 3.8) is 0 Å². The van der Waals surface area contributed by atoms with E-state index in [4.69, 9.17) is 0 Å². The molecule has 2 aromatic carbocycles. The van der Waals surface area contributed by atoms with Crippen LogP contribution < -0.4 is 10.7 Å². The molecule has 0 atom stereocenters. The highest BCUT2D eigenvalue weighted by molar-refractivity contribution is 7.18. The van der Waals surface area contributed by atoms with Gasteiger partial charge in [-0.2, -0.15) is 5.10 Å². The van der Waals surface area contributed by atoms with Gasteiger partial charge in [0, 0.05) is 5.56 Å². The molecule has 1 aromatic heterocycles. The number of nitrogens with zero attached hydrogens (tertiary/aromatic N) is 3. The normalized spacial score (nSPS) is 10.7. The molecule has 0 aliphatic carbocycles. The number of hydrogen-bond donors (Lipinski definition) is 2. The first kappa shape index (κ1) is 18.4. The maximum absolute atomic E-state index is 12.0. The van der Waals surface area contributed by atoms with Crippen molar-refractivity contribution >= 4 is 34.5 Å². The van der Waals surface area contributed by atoms with Crippen molar-refractivity contribution in [3.05, 3.63) is 65.2 Å². The Bertz CT molecular complexity index is 998. The van der Waals surface area contributed by atoms with Gasteiger partial charge in [0.2, 0.25) is 5.13 Å². The van der Waals surface area contributed by atoms with Crippen LogP contribution in [0, 0.1) is 13.8 Å². The fourth-order valence-electron chi connectivity index (χ4n) is 2.31. The number of amides is 2. The van der Waals surface area contributed by atoms with E-state index in [1.807, 2.05) is 62.4 Å². The summed E-state index contributed by atoms with van der Waals surface area (Å²) in [5.41, 5.74) is 6.12. The van der Waals surface area contributed by atoms with Crippen LogP contribution in [0.25, 0.3) is 10.6 Å².